The van der Waals surface area contributed by atoms with Crippen molar-refractivity contribution in [1.29, 1.82) is 0 Å². The summed E-state index contributed by atoms with van der Waals surface area (Å²) in [6.07, 6.45) is 6.64. The van der Waals surface area contributed by atoms with Gasteiger partial charge in [0.2, 0.25) is 5.91 Å². The molecule has 1 aromatic carbocycles. The van der Waals surface area contributed by atoms with Crippen molar-refractivity contribution in [3.63, 3.8) is 0 Å². The van der Waals surface area contributed by atoms with E-state index in [1.54, 1.807) is 0 Å². The van der Waals surface area contributed by atoms with E-state index in [9.17, 15) is 4.79 Å². The molecule has 1 amide bonds. The molecule has 1 fully saturated rings. The monoisotopic (exact) mass is 258 g/mol. The fourth-order valence-corrected chi connectivity index (χ4v) is 3.13. The van der Waals surface area contributed by atoms with E-state index < -0.39 is 0 Å². The molecule has 0 bridgehead atoms. The molecular formula is C16H22N2O. The van der Waals surface area contributed by atoms with Gasteiger partial charge in [0.05, 0.1) is 0 Å². The zero-order chi connectivity index (χ0) is 13.1. The van der Waals surface area contributed by atoms with Crippen LogP contribution in [0, 0.1) is 5.92 Å². The summed E-state index contributed by atoms with van der Waals surface area (Å²) in [6, 6.07) is 6.52. The van der Waals surface area contributed by atoms with E-state index in [0.29, 0.717) is 6.42 Å². The van der Waals surface area contributed by atoms with Gasteiger partial charge in [0.25, 0.3) is 0 Å². The first-order valence-corrected chi connectivity index (χ1v) is 7.43. The Labute approximate surface area is 114 Å². The lowest BCUT2D eigenvalue weighted by Gasteiger charge is -2.23. The van der Waals surface area contributed by atoms with Gasteiger partial charge in [-0.05, 0) is 68.3 Å². The fourth-order valence-electron chi connectivity index (χ4n) is 3.13. The van der Waals surface area contributed by atoms with Crippen LogP contribution in [0.4, 0.5) is 5.69 Å². The number of carbonyl (C=O) groups excluding carboxylic acids is 1. The van der Waals surface area contributed by atoms with Crippen molar-refractivity contribution in [2.24, 2.45) is 5.92 Å². The molecule has 3 nitrogen and oxygen atoms in total. The van der Waals surface area contributed by atoms with Gasteiger partial charge in [-0.15, -0.1) is 0 Å². The van der Waals surface area contributed by atoms with Gasteiger partial charge in [-0.3, -0.25) is 4.79 Å². The van der Waals surface area contributed by atoms with Crippen molar-refractivity contribution >= 4 is 11.6 Å². The Morgan fingerprint density at radius 1 is 1.26 bits per heavy atom. The van der Waals surface area contributed by atoms with Crippen LogP contribution in [0.5, 0.6) is 0 Å². The lowest BCUT2D eigenvalue weighted by molar-refractivity contribution is -0.116. The molecule has 19 heavy (non-hydrogen) atoms. The highest BCUT2D eigenvalue weighted by Gasteiger charge is 2.16. The molecular weight excluding hydrogens is 236 g/mol. The third-order valence-electron chi connectivity index (χ3n) is 4.31. The molecule has 3 rings (SSSR count). The third-order valence-corrected chi connectivity index (χ3v) is 4.31. The minimum atomic E-state index is 0.147. The van der Waals surface area contributed by atoms with Crippen molar-refractivity contribution in [3.05, 3.63) is 29.3 Å². The zero-order valence-corrected chi connectivity index (χ0v) is 11.4. The van der Waals surface area contributed by atoms with Gasteiger partial charge in [0.1, 0.15) is 0 Å². The van der Waals surface area contributed by atoms with Crippen molar-refractivity contribution in [2.75, 3.05) is 18.4 Å². The molecule has 102 valence electrons. The third kappa shape index (κ3) is 3.16. The van der Waals surface area contributed by atoms with E-state index in [-0.39, 0.29) is 5.91 Å². The van der Waals surface area contributed by atoms with E-state index in [2.05, 4.69) is 28.8 Å². The number of hydrogen-bond donors (Lipinski definition) is 2. The molecule has 0 saturated carbocycles. The van der Waals surface area contributed by atoms with Crippen LogP contribution < -0.4 is 10.6 Å². The molecule has 2 aliphatic heterocycles. The Hall–Kier alpha value is -1.35. The topological polar surface area (TPSA) is 41.1 Å². The highest BCUT2D eigenvalue weighted by atomic mass is 16.1. The summed E-state index contributed by atoms with van der Waals surface area (Å²) in [5.74, 6) is 0.984. The Bertz CT molecular complexity index is 464. The highest BCUT2D eigenvalue weighted by molar-refractivity contribution is 5.93. The van der Waals surface area contributed by atoms with Gasteiger partial charge in [-0.1, -0.05) is 12.1 Å². The number of piperidine rings is 1. The summed E-state index contributed by atoms with van der Waals surface area (Å²) in [5.41, 5.74) is 3.73. The second-order valence-electron chi connectivity index (χ2n) is 5.79. The first-order chi connectivity index (χ1) is 9.31. The summed E-state index contributed by atoms with van der Waals surface area (Å²) in [4.78, 5) is 11.3. The standard InChI is InChI=1S/C16H22N2O/c19-16-8-6-14-10-12(5-7-15(14)18-16)3-4-13-2-1-9-17-11-13/h5,7,10,13,17H,1-4,6,8-9,11H2,(H,18,19). The number of aryl methyl sites for hydroxylation is 2. The van der Waals surface area contributed by atoms with Gasteiger partial charge in [-0.25, -0.2) is 0 Å². The number of anilines is 1. The quantitative estimate of drug-likeness (QED) is 0.874. The van der Waals surface area contributed by atoms with Crippen molar-refractivity contribution in [3.8, 4) is 0 Å². The Morgan fingerprint density at radius 3 is 3.05 bits per heavy atom. The lowest BCUT2D eigenvalue weighted by Crippen LogP contribution is -2.29. The van der Waals surface area contributed by atoms with Crippen LogP contribution in [0.15, 0.2) is 18.2 Å². The van der Waals surface area contributed by atoms with Crippen LogP contribution in [-0.2, 0) is 17.6 Å². The average molecular weight is 258 g/mol. The Kier molecular flexibility index (Phi) is 3.83. The summed E-state index contributed by atoms with van der Waals surface area (Å²) in [5, 5.41) is 6.42. The molecule has 1 atom stereocenters. The maximum Gasteiger partial charge on any atom is 0.224 e. The van der Waals surface area contributed by atoms with Crippen LogP contribution in [-0.4, -0.2) is 19.0 Å². The molecule has 3 heteroatoms. The predicted molar refractivity (Wildman–Crippen MR) is 77.3 cm³/mol. The van der Waals surface area contributed by atoms with E-state index >= 15 is 0 Å². The number of amides is 1. The van der Waals surface area contributed by atoms with E-state index in [4.69, 9.17) is 0 Å². The molecule has 1 saturated heterocycles. The molecule has 2 aliphatic rings. The molecule has 1 unspecified atom stereocenters. The van der Waals surface area contributed by atoms with Gasteiger partial charge in [-0.2, -0.15) is 0 Å². The second kappa shape index (κ2) is 5.74. The highest BCUT2D eigenvalue weighted by Crippen LogP contribution is 2.25. The largest absolute Gasteiger partial charge is 0.326 e. The molecule has 2 N–H and O–H groups in total. The number of nitrogens with one attached hydrogen (secondary N) is 2. The van der Waals surface area contributed by atoms with Gasteiger partial charge < -0.3 is 10.6 Å². The van der Waals surface area contributed by atoms with Gasteiger partial charge in [0.15, 0.2) is 0 Å². The summed E-state index contributed by atoms with van der Waals surface area (Å²) < 4.78 is 0. The Balaban J connectivity index is 1.60. The van der Waals surface area contributed by atoms with Crippen molar-refractivity contribution in [2.45, 2.75) is 38.5 Å². The fraction of sp³-hybridized carbons (Fsp3) is 0.562. The number of hydrogen-bond acceptors (Lipinski definition) is 2. The molecule has 0 spiro atoms. The maximum absolute atomic E-state index is 11.3. The van der Waals surface area contributed by atoms with Crippen LogP contribution in [0.2, 0.25) is 0 Å². The number of fused-ring (bicyclic) bond motifs is 1. The lowest BCUT2D eigenvalue weighted by atomic mass is 9.91. The van der Waals surface area contributed by atoms with E-state index in [1.807, 2.05) is 0 Å². The SMILES string of the molecule is O=C1CCc2cc(CCC3CCCNC3)ccc2N1. The number of carbonyl (C=O) groups is 1. The minimum Gasteiger partial charge on any atom is -0.326 e. The first kappa shape index (κ1) is 12.7. The van der Waals surface area contributed by atoms with Crippen LogP contribution in [0.1, 0.15) is 36.8 Å². The van der Waals surface area contributed by atoms with Crippen LogP contribution in [0.25, 0.3) is 0 Å². The predicted octanol–water partition coefficient (Wildman–Crippen LogP) is 2.50. The van der Waals surface area contributed by atoms with Crippen molar-refractivity contribution < 1.29 is 4.79 Å². The van der Waals surface area contributed by atoms with Crippen LogP contribution >= 0.6 is 0 Å². The zero-order valence-electron chi connectivity index (χ0n) is 11.4. The smallest absolute Gasteiger partial charge is 0.224 e. The van der Waals surface area contributed by atoms with Gasteiger partial charge >= 0.3 is 0 Å². The molecule has 0 aliphatic carbocycles. The first-order valence-electron chi connectivity index (χ1n) is 7.43. The number of rotatable bonds is 3. The molecule has 2 heterocycles. The van der Waals surface area contributed by atoms with E-state index in [0.717, 1.165) is 24.4 Å². The number of benzene rings is 1. The average Bonchev–Trinajstić information content (AvgIpc) is 2.46. The molecule has 1 aromatic rings. The minimum absolute atomic E-state index is 0.147. The summed E-state index contributed by atoms with van der Waals surface area (Å²) in [7, 11) is 0. The summed E-state index contributed by atoms with van der Waals surface area (Å²) in [6.45, 7) is 2.37. The summed E-state index contributed by atoms with van der Waals surface area (Å²) >= 11 is 0. The molecule has 0 radical (unpaired) electrons. The Morgan fingerprint density at radius 2 is 2.21 bits per heavy atom. The normalized spacial score (nSPS) is 22.7. The van der Waals surface area contributed by atoms with Gasteiger partial charge in [0, 0.05) is 12.1 Å². The van der Waals surface area contributed by atoms with Crippen LogP contribution in [0.3, 0.4) is 0 Å². The molecule has 0 aromatic heterocycles. The van der Waals surface area contributed by atoms with E-state index in [1.165, 1.54) is 43.5 Å². The van der Waals surface area contributed by atoms with Crippen molar-refractivity contribution in [1.82, 2.24) is 5.32 Å². The maximum atomic E-state index is 11.3. The second-order valence-corrected chi connectivity index (χ2v) is 5.79.